The van der Waals surface area contributed by atoms with Gasteiger partial charge in [-0.05, 0) is 66.1 Å². The molecule has 0 saturated heterocycles. The largest absolute Gasteiger partial charge is 0.365 e. The minimum absolute atomic E-state index is 0.0919. The summed E-state index contributed by atoms with van der Waals surface area (Å²) in [5, 5.41) is 3.46. The Hall–Kier alpha value is -3.12. The predicted octanol–water partition coefficient (Wildman–Crippen LogP) is 4.24. The van der Waals surface area contributed by atoms with Gasteiger partial charge in [-0.25, -0.2) is 8.42 Å². The van der Waals surface area contributed by atoms with Crippen LogP contribution in [0.2, 0.25) is 0 Å². The molecule has 1 aliphatic rings. The SMILES string of the molecule is Cc1ccc(N(C(=O)CN(C)c2ccc3ccccc3c2)[C@H]2C=CS(=O)(=O)C2)cc1C. The van der Waals surface area contributed by atoms with E-state index in [4.69, 9.17) is 0 Å². The Morgan fingerprint density at radius 1 is 0.935 bits per heavy atom. The Morgan fingerprint density at radius 3 is 2.32 bits per heavy atom. The van der Waals surface area contributed by atoms with Gasteiger partial charge in [-0.2, -0.15) is 0 Å². The fourth-order valence-electron chi connectivity index (χ4n) is 3.90. The van der Waals surface area contributed by atoms with Crippen molar-refractivity contribution in [3.63, 3.8) is 0 Å². The standard InChI is InChI=1S/C25H26N2O3S/c1-18-8-10-23(14-19(18)2)27(24-12-13-31(29,30)17-24)25(28)16-26(3)22-11-9-20-6-4-5-7-21(20)15-22/h4-15,24H,16-17H2,1-3H3/t24-/m0/s1. The van der Waals surface area contributed by atoms with Crippen LogP contribution in [-0.4, -0.2) is 39.7 Å². The molecule has 31 heavy (non-hydrogen) atoms. The summed E-state index contributed by atoms with van der Waals surface area (Å²) < 4.78 is 24.1. The van der Waals surface area contributed by atoms with E-state index in [1.165, 1.54) is 5.41 Å². The lowest BCUT2D eigenvalue weighted by Gasteiger charge is -2.30. The van der Waals surface area contributed by atoms with Gasteiger partial charge < -0.3 is 9.80 Å². The summed E-state index contributed by atoms with van der Waals surface area (Å²) in [6, 6.07) is 19.5. The van der Waals surface area contributed by atoms with Crippen molar-refractivity contribution < 1.29 is 13.2 Å². The molecule has 1 aliphatic heterocycles. The van der Waals surface area contributed by atoms with E-state index in [1.807, 2.05) is 74.3 Å². The smallest absolute Gasteiger partial charge is 0.247 e. The first kappa shape index (κ1) is 21.1. The van der Waals surface area contributed by atoms with Crippen molar-refractivity contribution in [2.45, 2.75) is 19.9 Å². The van der Waals surface area contributed by atoms with E-state index >= 15 is 0 Å². The van der Waals surface area contributed by atoms with Gasteiger partial charge in [-0.3, -0.25) is 4.79 Å². The average Bonchev–Trinajstić information content (AvgIpc) is 3.09. The number of fused-ring (bicyclic) bond motifs is 1. The Bertz CT molecular complexity index is 1280. The van der Waals surface area contributed by atoms with Crippen LogP contribution in [0.3, 0.4) is 0 Å². The van der Waals surface area contributed by atoms with Gasteiger partial charge in [0.1, 0.15) is 0 Å². The second kappa shape index (κ2) is 8.19. The molecular weight excluding hydrogens is 408 g/mol. The van der Waals surface area contributed by atoms with Crippen LogP contribution in [-0.2, 0) is 14.6 Å². The molecule has 0 unspecified atom stereocenters. The van der Waals surface area contributed by atoms with Gasteiger partial charge in [0.2, 0.25) is 5.91 Å². The van der Waals surface area contributed by atoms with Gasteiger partial charge in [-0.1, -0.05) is 36.4 Å². The van der Waals surface area contributed by atoms with Gasteiger partial charge in [-0.15, -0.1) is 0 Å². The molecule has 5 nitrogen and oxygen atoms in total. The number of carbonyl (C=O) groups excluding carboxylic acids is 1. The van der Waals surface area contributed by atoms with Crippen LogP contribution in [0.15, 0.2) is 72.1 Å². The fraction of sp³-hybridized carbons (Fsp3) is 0.240. The van der Waals surface area contributed by atoms with Crippen LogP contribution in [0.4, 0.5) is 11.4 Å². The van der Waals surface area contributed by atoms with Crippen molar-refractivity contribution in [3.8, 4) is 0 Å². The average molecular weight is 435 g/mol. The molecule has 6 heteroatoms. The van der Waals surface area contributed by atoms with Crippen molar-refractivity contribution in [2.24, 2.45) is 0 Å². The minimum atomic E-state index is -3.29. The lowest BCUT2D eigenvalue weighted by molar-refractivity contribution is -0.117. The molecule has 0 bridgehead atoms. The van der Waals surface area contributed by atoms with E-state index in [2.05, 4.69) is 12.1 Å². The van der Waals surface area contributed by atoms with Crippen molar-refractivity contribution in [2.75, 3.05) is 29.1 Å². The summed E-state index contributed by atoms with van der Waals surface area (Å²) in [5.41, 5.74) is 3.83. The molecule has 0 fully saturated rings. The molecule has 3 aromatic rings. The molecule has 0 spiro atoms. The number of amides is 1. The maximum absolute atomic E-state index is 13.4. The summed E-state index contributed by atoms with van der Waals surface area (Å²) in [5.74, 6) is -0.239. The first-order valence-electron chi connectivity index (χ1n) is 10.2. The molecular formula is C25H26N2O3S. The molecule has 0 radical (unpaired) electrons. The highest BCUT2D eigenvalue weighted by Gasteiger charge is 2.32. The Morgan fingerprint density at radius 2 is 1.65 bits per heavy atom. The van der Waals surface area contributed by atoms with Crippen LogP contribution in [0, 0.1) is 13.8 Å². The number of likely N-dealkylation sites (N-methyl/N-ethyl adjacent to an activating group) is 1. The van der Waals surface area contributed by atoms with Crippen LogP contribution in [0.25, 0.3) is 10.8 Å². The first-order chi connectivity index (χ1) is 14.7. The van der Waals surface area contributed by atoms with Gasteiger partial charge in [0.05, 0.1) is 18.3 Å². The lowest BCUT2D eigenvalue weighted by Crippen LogP contribution is -2.46. The Balaban J connectivity index is 1.63. The number of nitrogens with zero attached hydrogens (tertiary/aromatic N) is 2. The van der Waals surface area contributed by atoms with Crippen molar-refractivity contribution in [1.82, 2.24) is 0 Å². The summed E-state index contributed by atoms with van der Waals surface area (Å²) in [4.78, 5) is 17.0. The third-order valence-electron chi connectivity index (χ3n) is 5.83. The monoisotopic (exact) mass is 434 g/mol. The summed E-state index contributed by atoms with van der Waals surface area (Å²) in [6.07, 6.45) is 1.61. The third kappa shape index (κ3) is 4.49. The molecule has 1 heterocycles. The molecule has 3 aromatic carbocycles. The third-order valence-corrected chi connectivity index (χ3v) is 7.20. The summed E-state index contributed by atoms with van der Waals surface area (Å²) in [6.45, 7) is 4.14. The number of aryl methyl sites for hydroxylation is 2. The summed E-state index contributed by atoms with van der Waals surface area (Å²) in [7, 11) is -1.42. The van der Waals surface area contributed by atoms with Gasteiger partial charge in [0.15, 0.2) is 9.84 Å². The number of hydrogen-bond donors (Lipinski definition) is 0. The highest BCUT2D eigenvalue weighted by molar-refractivity contribution is 7.94. The summed E-state index contributed by atoms with van der Waals surface area (Å²) >= 11 is 0. The number of benzene rings is 3. The van der Waals surface area contributed by atoms with E-state index in [1.54, 1.807) is 11.0 Å². The maximum Gasteiger partial charge on any atom is 0.247 e. The molecule has 0 N–H and O–H groups in total. The van der Waals surface area contributed by atoms with Crippen molar-refractivity contribution in [3.05, 3.63) is 83.3 Å². The van der Waals surface area contributed by atoms with E-state index in [0.717, 1.165) is 27.6 Å². The number of sulfone groups is 1. The minimum Gasteiger partial charge on any atom is -0.365 e. The van der Waals surface area contributed by atoms with E-state index in [0.29, 0.717) is 5.69 Å². The second-order valence-electron chi connectivity index (χ2n) is 8.15. The number of carbonyl (C=O) groups is 1. The number of anilines is 2. The quantitative estimate of drug-likeness (QED) is 0.603. The Labute approximate surface area is 183 Å². The highest BCUT2D eigenvalue weighted by Crippen LogP contribution is 2.26. The van der Waals surface area contributed by atoms with Crippen LogP contribution >= 0.6 is 0 Å². The maximum atomic E-state index is 13.4. The van der Waals surface area contributed by atoms with E-state index in [9.17, 15) is 13.2 Å². The lowest BCUT2D eigenvalue weighted by atomic mass is 10.1. The normalized spacial score (nSPS) is 17.1. The van der Waals surface area contributed by atoms with Crippen LogP contribution in [0.1, 0.15) is 11.1 Å². The predicted molar refractivity (Wildman–Crippen MR) is 127 cm³/mol. The number of rotatable bonds is 5. The molecule has 0 saturated carbocycles. The van der Waals surface area contributed by atoms with E-state index in [-0.39, 0.29) is 18.2 Å². The molecule has 0 aromatic heterocycles. The van der Waals surface area contributed by atoms with Gasteiger partial charge in [0.25, 0.3) is 0 Å². The molecule has 0 aliphatic carbocycles. The van der Waals surface area contributed by atoms with Crippen LogP contribution in [0.5, 0.6) is 0 Å². The Kier molecular flexibility index (Phi) is 5.58. The van der Waals surface area contributed by atoms with Crippen LogP contribution < -0.4 is 9.80 Å². The van der Waals surface area contributed by atoms with Crippen molar-refractivity contribution in [1.29, 1.82) is 0 Å². The van der Waals surface area contributed by atoms with Crippen molar-refractivity contribution >= 4 is 37.9 Å². The molecule has 160 valence electrons. The van der Waals surface area contributed by atoms with E-state index < -0.39 is 15.9 Å². The first-order valence-corrected chi connectivity index (χ1v) is 12.0. The van der Waals surface area contributed by atoms with Gasteiger partial charge >= 0.3 is 0 Å². The second-order valence-corrected chi connectivity index (χ2v) is 10.1. The topological polar surface area (TPSA) is 57.7 Å². The molecule has 4 rings (SSSR count). The zero-order chi connectivity index (χ0) is 22.2. The highest BCUT2D eigenvalue weighted by atomic mass is 32.2. The fourth-order valence-corrected chi connectivity index (χ4v) is 5.17. The number of hydrogen-bond acceptors (Lipinski definition) is 4. The zero-order valence-electron chi connectivity index (χ0n) is 17.9. The molecule has 1 amide bonds. The zero-order valence-corrected chi connectivity index (χ0v) is 18.8. The van der Waals surface area contributed by atoms with Gasteiger partial charge in [0, 0.05) is 23.8 Å². The molecule has 1 atom stereocenters.